The van der Waals surface area contributed by atoms with Gasteiger partial charge in [-0.1, -0.05) is 0 Å². The van der Waals surface area contributed by atoms with Crippen molar-refractivity contribution in [3.8, 4) is 0 Å². The maximum Gasteiger partial charge on any atom is 0.237 e. The number of carbonyl (C=O) groups excluding carboxylic acids is 1. The Labute approximate surface area is 92.4 Å². The minimum Gasteiger partial charge on any atom is -0.347 e. The van der Waals surface area contributed by atoms with E-state index >= 15 is 0 Å². The Morgan fingerprint density at radius 3 is 3.20 bits per heavy atom. The zero-order valence-corrected chi connectivity index (χ0v) is 9.38. The summed E-state index contributed by atoms with van der Waals surface area (Å²) < 4.78 is 0. The Kier molecular flexibility index (Phi) is 5.13. The molecular formula is C8H15N5OS. The molecule has 0 spiro atoms. The number of carbonyl (C=O) groups is 1. The third-order valence-corrected chi connectivity index (χ3v) is 2.51. The fourth-order valence-electron chi connectivity index (χ4n) is 0.994. The van der Waals surface area contributed by atoms with Gasteiger partial charge in [0.2, 0.25) is 5.91 Å². The lowest BCUT2D eigenvalue weighted by molar-refractivity contribution is -0.122. The van der Waals surface area contributed by atoms with Crippen molar-refractivity contribution < 1.29 is 4.79 Å². The summed E-state index contributed by atoms with van der Waals surface area (Å²) in [6, 6.07) is -0.444. The van der Waals surface area contributed by atoms with Gasteiger partial charge >= 0.3 is 0 Å². The lowest BCUT2D eigenvalue weighted by Gasteiger charge is -2.10. The molecule has 0 saturated heterocycles. The Balaban J connectivity index is 2.23. The van der Waals surface area contributed by atoms with Gasteiger partial charge in [0.25, 0.3) is 0 Å². The van der Waals surface area contributed by atoms with E-state index in [9.17, 15) is 4.79 Å². The van der Waals surface area contributed by atoms with Crippen LogP contribution in [0.3, 0.4) is 0 Å². The number of rotatable bonds is 6. The molecule has 1 aromatic rings. The summed E-state index contributed by atoms with van der Waals surface area (Å²) in [6.07, 6.45) is 4.07. The van der Waals surface area contributed by atoms with Crippen LogP contribution in [0.2, 0.25) is 0 Å². The molecule has 0 aliphatic carbocycles. The monoisotopic (exact) mass is 229 g/mol. The van der Waals surface area contributed by atoms with Crippen LogP contribution in [0, 0.1) is 0 Å². The van der Waals surface area contributed by atoms with E-state index in [4.69, 9.17) is 5.73 Å². The molecule has 0 fully saturated rings. The molecule has 1 rings (SSSR count). The number of thioether (sulfide) groups is 1. The van der Waals surface area contributed by atoms with E-state index < -0.39 is 6.04 Å². The number of amides is 1. The predicted octanol–water partition coefficient (Wildman–Crippen LogP) is -0.499. The number of hydrogen-bond donors (Lipinski definition) is 3. The van der Waals surface area contributed by atoms with Gasteiger partial charge in [0.05, 0.1) is 12.6 Å². The average Bonchev–Trinajstić information content (AvgIpc) is 2.75. The van der Waals surface area contributed by atoms with Crippen LogP contribution in [0.15, 0.2) is 6.33 Å². The number of H-pyrrole nitrogens is 1. The normalized spacial score (nSPS) is 12.4. The van der Waals surface area contributed by atoms with Gasteiger partial charge in [-0.05, 0) is 18.4 Å². The molecule has 0 unspecified atom stereocenters. The predicted molar refractivity (Wildman–Crippen MR) is 59.2 cm³/mol. The molecule has 1 aromatic heterocycles. The van der Waals surface area contributed by atoms with Crippen LogP contribution in [-0.4, -0.2) is 39.1 Å². The molecule has 0 aliphatic rings. The van der Waals surface area contributed by atoms with Gasteiger partial charge in [-0.15, -0.1) is 0 Å². The quantitative estimate of drug-likeness (QED) is 0.611. The van der Waals surface area contributed by atoms with Crippen molar-refractivity contribution >= 4 is 17.7 Å². The van der Waals surface area contributed by atoms with Crippen molar-refractivity contribution in [1.82, 2.24) is 20.5 Å². The first kappa shape index (κ1) is 12.0. The molecule has 0 saturated carbocycles. The number of aromatic nitrogens is 3. The van der Waals surface area contributed by atoms with E-state index in [0.717, 1.165) is 5.75 Å². The van der Waals surface area contributed by atoms with E-state index in [2.05, 4.69) is 20.5 Å². The zero-order valence-electron chi connectivity index (χ0n) is 8.56. The lowest BCUT2D eigenvalue weighted by Crippen LogP contribution is -2.40. The Bertz CT molecular complexity index is 289. The number of nitrogens with zero attached hydrogens (tertiary/aromatic N) is 2. The Morgan fingerprint density at radius 2 is 2.60 bits per heavy atom. The standard InChI is InChI=1S/C8H15N5OS/c1-15-3-2-6(9)8(14)10-4-7-11-5-12-13-7/h5-6H,2-4,9H2,1H3,(H,10,14)(H,11,12,13)/t6-/m0/s1. The lowest BCUT2D eigenvalue weighted by atomic mass is 10.2. The van der Waals surface area contributed by atoms with Crippen LogP contribution < -0.4 is 11.1 Å². The van der Waals surface area contributed by atoms with E-state index in [1.165, 1.54) is 6.33 Å². The van der Waals surface area contributed by atoms with Gasteiger partial charge in [-0.2, -0.15) is 16.9 Å². The topological polar surface area (TPSA) is 96.7 Å². The molecule has 4 N–H and O–H groups in total. The molecule has 0 radical (unpaired) electrons. The van der Waals surface area contributed by atoms with E-state index in [1.807, 2.05) is 6.26 Å². The molecule has 15 heavy (non-hydrogen) atoms. The minimum absolute atomic E-state index is 0.152. The van der Waals surface area contributed by atoms with Crippen molar-refractivity contribution in [3.63, 3.8) is 0 Å². The van der Waals surface area contributed by atoms with E-state index in [-0.39, 0.29) is 5.91 Å². The number of aromatic amines is 1. The molecule has 6 nitrogen and oxygen atoms in total. The second-order valence-electron chi connectivity index (χ2n) is 3.04. The number of hydrogen-bond acceptors (Lipinski definition) is 5. The summed E-state index contributed by atoms with van der Waals surface area (Å²) >= 11 is 1.67. The molecule has 0 aliphatic heterocycles. The Hall–Kier alpha value is -1.08. The number of nitrogens with two attached hydrogens (primary N) is 1. The summed E-state index contributed by atoms with van der Waals surface area (Å²) in [5.74, 6) is 1.36. The highest BCUT2D eigenvalue weighted by molar-refractivity contribution is 7.98. The molecule has 7 heteroatoms. The first-order chi connectivity index (χ1) is 7.24. The largest absolute Gasteiger partial charge is 0.347 e. The highest BCUT2D eigenvalue weighted by Gasteiger charge is 2.12. The summed E-state index contributed by atoms with van der Waals surface area (Å²) in [5, 5.41) is 9.01. The van der Waals surface area contributed by atoms with Gasteiger partial charge in [-0.25, -0.2) is 4.98 Å². The molecule has 0 bridgehead atoms. The van der Waals surface area contributed by atoms with Crippen LogP contribution >= 0.6 is 11.8 Å². The van der Waals surface area contributed by atoms with Gasteiger partial charge in [0.15, 0.2) is 0 Å². The van der Waals surface area contributed by atoms with Gasteiger partial charge in [0, 0.05) is 0 Å². The van der Waals surface area contributed by atoms with E-state index in [1.54, 1.807) is 11.8 Å². The first-order valence-corrected chi connectivity index (χ1v) is 6.00. The van der Waals surface area contributed by atoms with Crippen molar-refractivity contribution in [2.45, 2.75) is 19.0 Å². The minimum atomic E-state index is -0.444. The number of nitrogens with one attached hydrogen (secondary N) is 2. The van der Waals surface area contributed by atoms with Gasteiger partial charge in [-0.3, -0.25) is 9.89 Å². The van der Waals surface area contributed by atoms with Crippen LogP contribution in [0.4, 0.5) is 0 Å². The fourth-order valence-corrected chi connectivity index (χ4v) is 1.48. The van der Waals surface area contributed by atoms with E-state index in [0.29, 0.717) is 18.8 Å². The second kappa shape index (κ2) is 6.41. The van der Waals surface area contributed by atoms with Gasteiger partial charge in [0.1, 0.15) is 12.2 Å². The van der Waals surface area contributed by atoms with Crippen molar-refractivity contribution in [3.05, 3.63) is 12.2 Å². The average molecular weight is 229 g/mol. The summed E-state index contributed by atoms with van der Waals surface area (Å²) in [5.41, 5.74) is 5.67. The molecule has 1 atom stereocenters. The molecule has 0 aromatic carbocycles. The maximum absolute atomic E-state index is 11.4. The Morgan fingerprint density at radius 1 is 1.80 bits per heavy atom. The highest BCUT2D eigenvalue weighted by atomic mass is 32.2. The SMILES string of the molecule is CSCC[C@H](N)C(=O)NCc1ncn[nH]1. The first-order valence-electron chi connectivity index (χ1n) is 4.60. The molecular weight excluding hydrogens is 214 g/mol. The summed E-state index contributed by atoms with van der Waals surface area (Å²) in [6.45, 7) is 0.339. The fraction of sp³-hybridized carbons (Fsp3) is 0.625. The van der Waals surface area contributed by atoms with Crippen molar-refractivity contribution in [2.24, 2.45) is 5.73 Å². The van der Waals surface area contributed by atoms with Gasteiger partial charge < -0.3 is 11.1 Å². The van der Waals surface area contributed by atoms with Crippen LogP contribution in [-0.2, 0) is 11.3 Å². The van der Waals surface area contributed by atoms with Crippen molar-refractivity contribution in [2.75, 3.05) is 12.0 Å². The van der Waals surface area contributed by atoms with Crippen LogP contribution in [0.1, 0.15) is 12.2 Å². The molecule has 1 heterocycles. The third-order valence-electron chi connectivity index (χ3n) is 1.86. The van der Waals surface area contributed by atoms with Crippen LogP contribution in [0.25, 0.3) is 0 Å². The van der Waals surface area contributed by atoms with Crippen LogP contribution in [0.5, 0.6) is 0 Å². The maximum atomic E-state index is 11.4. The van der Waals surface area contributed by atoms with Crippen molar-refractivity contribution in [1.29, 1.82) is 0 Å². The summed E-state index contributed by atoms with van der Waals surface area (Å²) in [4.78, 5) is 15.3. The smallest absolute Gasteiger partial charge is 0.237 e. The zero-order chi connectivity index (χ0) is 11.1. The molecule has 1 amide bonds. The second-order valence-corrected chi connectivity index (χ2v) is 4.02. The highest BCUT2D eigenvalue weighted by Crippen LogP contribution is 1.98. The molecule has 84 valence electrons. The third kappa shape index (κ3) is 4.30. The summed E-state index contributed by atoms with van der Waals surface area (Å²) in [7, 11) is 0.